The lowest BCUT2D eigenvalue weighted by Gasteiger charge is -2.40. The van der Waals surface area contributed by atoms with Crippen molar-refractivity contribution < 1.29 is 13.9 Å². The Balaban J connectivity index is 1.89. The van der Waals surface area contributed by atoms with Crippen LogP contribution in [0.3, 0.4) is 0 Å². The first-order valence-corrected chi connectivity index (χ1v) is 6.49. The van der Waals surface area contributed by atoms with E-state index in [0.717, 1.165) is 24.6 Å². The van der Waals surface area contributed by atoms with Gasteiger partial charge in [-0.1, -0.05) is 0 Å². The van der Waals surface area contributed by atoms with E-state index in [4.69, 9.17) is 4.74 Å². The van der Waals surface area contributed by atoms with Crippen LogP contribution in [0.25, 0.3) is 10.9 Å². The fraction of sp³-hybridized carbons (Fsp3) is 0.400. The van der Waals surface area contributed by atoms with Gasteiger partial charge in [0.25, 0.3) is 0 Å². The fourth-order valence-corrected chi connectivity index (χ4v) is 2.74. The number of ether oxygens (including phenoxy) is 1. The molecule has 0 radical (unpaired) electrons. The van der Waals surface area contributed by atoms with Crippen LogP contribution < -0.4 is 0 Å². The van der Waals surface area contributed by atoms with E-state index in [-0.39, 0.29) is 17.2 Å². The molecule has 4 heteroatoms. The number of H-pyrrole nitrogens is 1. The number of hydrogen-bond donors (Lipinski definition) is 1. The summed E-state index contributed by atoms with van der Waals surface area (Å²) in [6.07, 6.45) is 5.04. The number of ketones is 1. The predicted molar refractivity (Wildman–Crippen MR) is 70.8 cm³/mol. The normalized spacial score (nSPS) is 17.4. The Hall–Kier alpha value is -1.68. The van der Waals surface area contributed by atoms with Gasteiger partial charge in [-0.05, 0) is 37.5 Å². The highest BCUT2D eigenvalue weighted by atomic mass is 19.1. The molecule has 3 nitrogen and oxygen atoms in total. The summed E-state index contributed by atoms with van der Waals surface area (Å²) in [5.74, 6) is -0.250. The Morgan fingerprint density at radius 3 is 2.89 bits per heavy atom. The van der Waals surface area contributed by atoms with Crippen LogP contribution in [-0.4, -0.2) is 23.5 Å². The van der Waals surface area contributed by atoms with Gasteiger partial charge in [-0.15, -0.1) is 0 Å². The molecule has 1 aliphatic carbocycles. The molecule has 3 rings (SSSR count). The molecule has 100 valence electrons. The number of methoxy groups -OCH3 is 1. The topological polar surface area (TPSA) is 42.1 Å². The third-order valence-corrected chi connectivity index (χ3v) is 4.12. The number of aromatic nitrogens is 1. The molecule has 2 aromatic rings. The third-order valence-electron chi connectivity index (χ3n) is 4.12. The number of nitrogens with one attached hydrogen (secondary N) is 1. The van der Waals surface area contributed by atoms with Gasteiger partial charge >= 0.3 is 0 Å². The summed E-state index contributed by atoms with van der Waals surface area (Å²) < 4.78 is 18.6. The van der Waals surface area contributed by atoms with Crippen LogP contribution in [0, 0.1) is 5.82 Å². The third kappa shape index (κ3) is 2.06. The fourth-order valence-electron chi connectivity index (χ4n) is 2.74. The van der Waals surface area contributed by atoms with E-state index in [1.807, 2.05) is 0 Å². The van der Waals surface area contributed by atoms with Gasteiger partial charge in [0.2, 0.25) is 0 Å². The lowest BCUT2D eigenvalue weighted by atomic mass is 9.76. The number of hydrogen-bond acceptors (Lipinski definition) is 2. The van der Waals surface area contributed by atoms with Crippen molar-refractivity contribution in [3.63, 3.8) is 0 Å². The number of aromatic amines is 1. The van der Waals surface area contributed by atoms with Crippen LogP contribution >= 0.6 is 0 Å². The number of rotatable bonds is 4. The minimum absolute atomic E-state index is 0.0550. The van der Waals surface area contributed by atoms with Crippen molar-refractivity contribution in [3.8, 4) is 0 Å². The Bertz CT molecular complexity index is 623. The summed E-state index contributed by atoms with van der Waals surface area (Å²) in [6, 6.07) is 4.43. The molecule has 1 aliphatic rings. The standard InChI is InChI=1S/C15H16FNO2/c1-19-15(5-2-6-15)8-14(18)12-9-17-13-7-10(16)3-4-11(12)13/h3-4,7,9,17H,2,5-6,8H2,1H3. The maximum Gasteiger partial charge on any atom is 0.167 e. The number of fused-ring (bicyclic) bond motifs is 1. The van der Waals surface area contributed by atoms with Gasteiger partial charge in [0.1, 0.15) is 5.82 Å². The quantitative estimate of drug-likeness (QED) is 0.856. The molecular formula is C15H16FNO2. The summed E-state index contributed by atoms with van der Waals surface area (Å²) in [5, 5.41) is 0.775. The van der Waals surface area contributed by atoms with Gasteiger partial charge in [-0.3, -0.25) is 4.79 Å². The minimum Gasteiger partial charge on any atom is -0.378 e. The summed E-state index contributed by atoms with van der Waals surface area (Å²) in [6.45, 7) is 0. The largest absolute Gasteiger partial charge is 0.378 e. The summed E-state index contributed by atoms with van der Waals surface area (Å²) in [4.78, 5) is 15.3. The molecule has 0 bridgehead atoms. The molecule has 1 fully saturated rings. The van der Waals surface area contributed by atoms with Crippen molar-refractivity contribution in [3.05, 3.63) is 35.8 Å². The van der Waals surface area contributed by atoms with E-state index in [1.54, 1.807) is 19.4 Å². The van der Waals surface area contributed by atoms with Crippen LogP contribution in [-0.2, 0) is 4.74 Å². The Kier molecular flexibility index (Phi) is 2.90. The van der Waals surface area contributed by atoms with Crippen LogP contribution in [0.1, 0.15) is 36.0 Å². The molecule has 0 atom stereocenters. The number of carbonyl (C=O) groups excluding carboxylic acids is 1. The average molecular weight is 261 g/mol. The lowest BCUT2D eigenvalue weighted by molar-refractivity contribution is -0.0704. The monoisotopic (exact) mass is 261 g/mol. The van der Waals surface area contributed by atoms with Crippen molar-refractivity contribution in [2.24, 2.45) is 0 Å². The van der Waals surface area contributed by atoms with Crippen LogP contribution in [0.15, 0.2) is 24.4 Å². The second kappa shape index (κ2) is 4.46. The maximum absolute atomic E-state index is 13.1. The molecule has 1 heterocycles. The molecule has 19 heavy (non-hydrogen) atoms. The van der Waals surface area contributed by atoms with Crippen molar-refractivity contribution in [2.45, 2.75) is 31.3 Å². The van der Waals surface area contributed by atoms with Crippen molar-refractivity contribution in [1.29, 1.82) is 0 Å². The molecule has 0 saturated heterocycles. The molecule has 1 aromatic heterocycles. The molecule has 1 aromatic carbocycles. The number of benzene rings is 1. The van der Waals surface area contributed by atoms with E-state index >= 15 is 0 Å². The van der Waals surface area contributed by atoms with Crippen LogP contribution in [0.5, 0.6) is 0 Å². The van der Waals surface area contributed by atoms with E-state index < -0.39 is 0 Å². The van der Waals surface area contributed by atoms with Crippen LogP contribution in [0.4, 0.5) is 4.39 Å². The first-order chi connectivity index (χ1) is 9.13. The highest BCUT2D eigenvalue weighted by Crippen LogP contribution is 2.39. The van der Waals surface area contributed by atoms with Gasteiger partial charge in [-0.25, -0.2) is 4.39 Å². The van der Waals surface area contributed by atoms with E-state index in [2.05, 4.69) is 4.98 Å². The molecule has 1 N–H and O–H groups in total. The minimum atomic E-state index is -0.305. The smallest absolute Gasteiger partial charge is 0.167 e. The zero-order valence-corrected chi connectivity index (χ0v) is 10.8. The van der Waals surface area contributed by atoms with Gasteiger partial charge in [0.15, 0.2) is 5.78 Å². The number of carbonyl (C=O) groups is 1. The van der Waals surface area contributed by atoms with Gasteiger partial charge in [0, 0.05) is 36.2 Å². The maximum atomic E-state index is 13.1. The zero-order valence-electron chi connectivity index (χ0n) is 10.8. The van der Waals surface area contributed by atoms with Crippen LogP contribution in [0.2, 0.25) is 0 Å². The molecular weight excluding hydrogens is 245 g/mol. The molecule has 0 amide bonds. The number of Topliss-reactive ketones (excluding diaryl/α,β-unsaturated/α-hetero) is 1. The van der Waals surface area contributed by atoms with E-state index in [9.17, 15) is 9.18 Å². The Morgan fingerprint density at radius 1 is 1.47 bits per heavy atom. The zero-order chi connectivity index (χ0) is 13.5. The Labute approximate surface area is 110 Å². The SMILES string of the molecule is COC1(CC(=O)c2c[nH]c3cc(F)ccc23)CCC1. The predicted octanol–water partition coefficient (Wildman–Crippen LogP) is 3.45. The highest BCUT2D eigenvalue weighted by Gasteiger charge is 2.39. The Morgan fingerprint density at radius 2 is 2.26 bits per heavy atom. The second-order valence-electron chi connectivity index (χ2n) is 5.23. The molecule has 0 spiro atoms. The average Bonchev–Trinajstić information content (AvgIpc) is 2.76. The first-order valence-electron chi connectivity index (χ1n) is 6.49. The second-order valence-corrected chi connectivity index (χ2v) is 5.23. The first kappa shape index (κ1) is 12.4. The van der Waals surface area contributed by atoms with Crippen molar-refractivity contribution >= 4 is 16.7 Å². The van der Waals surface area contributed by atoms with Gasteiger partial charge < -0.3 is 9.72 Å². The summed E-state index contributed by atoms with van der Waals surface area (Å²) in [5.41, 5.74) is 1.00. The van der Waals surface area contributed by atoms with Gasteiger partial charge in [0.05, 0.1) is 5.60 Å². The molecule has 0 unspecified atom stereocenters. The van der Waals surface area contributed by atoms with Gasteiger partial charge in [-0.2, -0.15) is 0 Å². The highest BCUT2D eigenvalue weighted by molar-refractivity contribution is 6.08. The van der Waals surface area contributed by atoms with Crippen molar-refractivity contribution in [1.82, 2.24) is 4.98 Å². The van der Waals surface area contributed by atoms with Crippen molar-refractivity contribution in [2.75, 3.05) is 7.11 Å². The van der Waals surface area contributed by atoms with E-state index in [1.165, 1.54) is 12.1 Å². The molecule has 1 saturated carbocycles. The lowest BCUT2D eigenvalue weighted by Crippen LogP contribution is -2.41. The van der Waals surface area contributed by atoms with E-state index in [0.29, 0.717) is 17.5 Å². The summed E-state index contributed by atoms with van der Waals surface area (Å²) >= 11 is 0. The summed E-state index contributed by atoms with van der Waals surface area (Å²) in [7, 11) is 1.66. The molecule has 0 aliphatic heterocycles. The number of halogens is 1.